The minimum atomic E-state index is -0.583. The van der Waals surface area contributed by atoms with Gasteiger partial charge in [0, 0.05) is 31.8 Å². The van der Waals surface area contributed by atoms with Gasteiger partial charge in [0.15, 0.2) is 6.61 Å². The number of ether oxygens (including phenoxy) is 2. The van der Waals surface area contributed by atoms with Gasteiger partial charge in [-0.15, -0.1) is 0 Å². The molecule has 1 atom stereocenters. The van der Waals surface area contributed by atoms with Crippen molar-refractivity contribution in [2.45, 2.75) is 31.8 Å². The molecule has 0 radical (unpaired) electrons. The highest BCUT2D eigenvalue weighted by atomic mass is 16.5. The lowest BCUT2D eigenvalue weighted by molar-refractivity contribution is -0.124. The third-order valence-corrected chi connectivity index (χ3v) is 4.35. The Balaban J connectivity index is 1.49. The monoisotopic (exact) mass is 346 g/mol. The normalized spacial score (nSPS) is 19.9. The molecule has 134 valence electrons. The zero-order valence-corrected chi connectivity index (χ0v) is 14.0. The molecular weight excluding hydrogens is 324 g/mol. The molecule has 2 aliphatic rings. The molecule has 2 fully saturated rings. The molecule has 0 saturated carbocycles. The van der Waals surface area contributed by atoms with Crippen LogP contribution in [0.4, 0.5) is 5.69 Å². The lowest BCUT2D eigenvalue weighted by Gasteiger charge is -2.16. The van der Waals surface area contributed by atoms with Crippen LogP contribution >= 0.6 is 0 Å². The number of rotatable bonds is 6. The molecule has 2 saturated heterocycles. The van der Waals surface area contributed by atoms with E-state index >= 15 is 0 Å². The van der Waals surface area contributed by atoms with Crippen LogP contribution in [0.3, 0.4) is 0 Å². The Morgan fingerprint density at radius 3 is 2.92 bits per heavy atom. The smallest absolute Gasteiger partial charge is 0.338 e. The summed E-state index contributed by atoms with van der Waals surface area (Å²) in [4.78, 5) is 37.3. The van der Waals surface area contributed by atoms with Crippen LogP contribution in [0.2, 0.25) is 0 Å². The summed E-state index contributed by atoms with van der Waals surface area (Å²) in [6.45, 7) is 1.48. The predicted octanol–water partition coefficient (Wildman–Crippen LogP) is 1.27. The number of benzene rings is 1. The first-order valence-corrected chi connectivity index (χ1v) is 8.59. The average molecular weight is 346 g/mol. The number of carbonyl (C=O) groups excluding carboxylic acids is 3. The Hall–Kier alpha value is -2.41. The average Bonchev–Trinajstić information content (AvgIpc) is 3.29. The van der Waals surface area contributed by atoms with Gasteiger partial charge in [-0.3, -0.25) is 9.59 Å². The number of carbonyl (C=O) groups is 3. The van der Waals surface area contributed by atoms with Crippen LogP contribution in [0.15, 0.2) is 24.3 Å². The van der Waals surface area contributed by atoms with Crippen molar-refractivity contribution < 1.29 is 23.9 Å². The second-order valence-corrected chi connectivity index (χ2v) is 6.21. The molecule has 3 rings (SSSR count). The van der Waals surface area contributed by atoms with Crippen molar-refractivity contribution in [1.29, 1.82) is 0 Å². The van der Waals surface area contributed by atoms with E-state index < -0.39 is 5.97 Å². The van der Waals surface area contributed by atoms with E-state index in [0.29, 0.717) is 30.8 Å². The first-order chi connectivity index (χ1) is 12.1. The predicted molar refractivity (Wildman–Crippen MR) is 90.3 cm³/mol. The van der Waals surface area contributed by atoms with E-state index in [1.807, 2.05) is 0 Å². The first kappa shape index (κ1) is 17.4. The Bertz CT molecular complexity index is 655. The number of hydrogen-bond donors (Lipinski definition) is 1. The topological polar surface area (TPSA) is 84.9 Å². The van der Waals surface area contributed by atoms with Crippen molar-refractivity contribution in [3.8, 4) is 0 Å². The van der Waals surface area contributed by atoms with E-state index in [4.69, 9.17) is 9.47 Å². The van der Waals surface area contributed by atoms with Crippen molar-refractivity contribution in [3.63, 3.8) is 0 Å². The molecule has 25 heavy (non-hydrogen) atoms. The van der Waals surface area contributed by atoms with Crippen LogP contribution in [-0.2, 0) is 19.1 Å². The molecule has 7 heteroatoms. The summed E-state index contributed by atoms with van der Waals surface area (Å²) in [7, 11) is 0. The molecule has 1 aromatic rings. The maximum atomic E-state index is 12.1. The van der Waals surface area contributed by atoms with E-state index in [9.17, 15) is 14.4 Å². The standard InChI is InChI=1S/C18H22N2O5/c21-16(19-11-15-6-3-9-24-15)12-25-18(23)13-4-1-5-14(10-13)20-8-2-7-17(20)22/h1,4-5,10,15H,2-3,6-9,11-12H2,(H,19,21)/t15-/m1/s1. The fraction of sp³-hybridized carbons (Fsp3) is 0.500. The molecule has 2 amide bonds. The van der Waals surface area contributed by atoms with Crippen molar-refractivity contribution in [2.24, 2.45) is 0 Å². The largest absolute Gasteiger partial charge is 0.452 e. The van der Waals surface area contributed by atoms with E-state index in [2.05, 4.69) is 5.32 Å². The van der Waals surface area contributed by atoms with Crippen molar-refractivity contribution >= 4 is 23.5 Å². The molecule has 2 aliphatic heterocycles. The van der Waals surface area contributed by atoms with Gasteiger partial charge < -0.3 is 19.7 Å². The number of nitrogens with zero attached hydrogens (tertiary/aromatic N) is 1. The summed E-state index contributed by atoms with van der Waals surface area (Å²) in [6.07, 6.45) is 3.33. The van der Waals surface area contributed by atoms with Gasteiger partial charge in [-0.05, 0) is 37.5 Å². The minimum absolute atomic E-state index is 0.0503. The number of anilines is 1. The highest BCUT2D eigenvalue weighted by Gasteiger charge is 2.22. The maximum absolute atomic E-state index is 12.1. The van der Waals surface area contributed by atoms with Crippen LogP contribution in [0.25, 0.3) is 0 Å². The molecule has 2 heterocycles. The van der Waals surface area contributed by atoms with Crippen LogP contribution < -0.4 is 10.2 Å². The molecule has 0 bridgehead atoms. The third kappa shape index (κ3) is 4.57. The summed E-state index contributed by atoms with van der Waals surface area (Å²) in [5, 5.41) is 2.70. The van der Waals surface area contributed by atoms with Crippen LogP contribution in [0.1, 0.15) is 36.0 Å². The second kappa shape index (κ2) is 8.11. The lowest BCUT2D eigenvalue weighted by atomic mass is 10.2. The molecule has 1 N–H and O–H groups in total. The van der Waals surface area contributed by atoms with Gasteiger partial charge in [-0.25, -0.2) is 4.79 Å². The highest BCUT2D eigenvalue weighted by Crippen LogP contribution is 2.22. The minimum Gasteiger partial charge on any atom is -0.452 e. The van der Waals surface area contributed by atoms with Crippen molar-refractivity contribution in [2.75, 3.05) is 31.2 Å². The Morgan fingerprint density at radius 2 is 2.20 bits per heavy atom. The Kier molecular flexibility index (Phi) is 5.65. The van der Waals surface area contributed by atoms with E-state index in [1.165, 1.54) is 0 Å². The summed E-state index contributed by atoms with van der Waals surface area (Å²) in [5.74, 6) is -0.880. The van der Waals surface area contributed by atoms with Gasteiger partial charge in [-0.1, -0.05) is 6.07 Å². The van der Waals surface area contributed by atoms with E-state index in [0.717, 1.165) is 25.9 Å². The molecule has 7 nitrogen and oxygen atoms in total. The maximum Gasteiger partial charge on any atom is 0.338 e. The Labute approximate surface area is 146 Å². The molecular formula is C18H22N2O5. The number of esters is 1. The third-order valence-electron chi connectivity index (χ3n) is 4.35. The van der Waals surface area contributed by atoms with Crippen LogP contribution in [0.5, 0.6) is 0 Å². The SMILES string of the molecule is O=C(COC(=O)c1cccc(N2CCCC2=O)c1)NC[C@H]1CCCO1. The zero-order valence-electron chi connectivity index (χ0n) is 14.0. The summed E-state index contributed by atoms with van der Waals surface area (Å²) < 4.78 is 10.5. The molecule has 0 aliphatic carbocycles. The molecule has 0 aromatic heterocycles. The van der Waals surface area contributed by atoms with Crippen LogP contribution in [0, 0.1) is 0 Å². The van der Waals surface area contributed by atoms with Crippen molar-refractivity contribution in [1.82, 2.24) is 5.32 Å². The van der Waals surface area contributed by atoms with Gasteiger partial charge in [0.05, 0.1) is 11.7 Å². The molecule has 0 spiro atoms. The second-order valence-electron chi connectivity index (χ2n) is 6.21. The number of amides is 2. The number of hydrogen-bond acceptors (Lipinski definition) is 5. The fourth-order valence-electron chi connectivity index (χ4n) is 3.02. The number of nitrogens with one attached hydrogen (secondary N) is 1. The van der Waals surface area contributed by atoms with Crippen molar-refractivity contribution in [3.05, 3.63) is 29.8 Å². The van der Waals surface area contributed by atoms with Gasteiger partial charge in [0.25, 0.3) is 5.91 Å². The van der Waals surface area contributed by atoms with Gasteiger partial charge in [0.2, 0.25) is 5.91 Å². The van der Waals surface area contributed by atoms with E-state index in [-0.39, 0.29) is 24.5 Å². The zero-order chi connectivity index (χ0) is 17.6. The summed E-state index contributed by atoms with van der Waals surface area (Å²) in [6, 6.07) is 6.72. The quantitative estimate of drug-likeness (QED) is 0.784. The molecule has 0 unspecified atom stereocenters. The highest BCUT2D eigenvalue weighted by molar-refractivity contribution is 5.97. The van der Waals surface area contributed by atoms with Gasteiger partial charge in [-0.2, -0.15) is 0 Å². The lowest BCUT2D eigenvalue weighted by Crippen LogP contribution is -2.34. The van der Waals surface area contributed by atoms with Gasteiger partial charge >= 0.3 is 5.97 Å². The molecule has 1 aromatic carbocycles. The fourth-order valence-corrected chi connectivity index (χ4v) is 3.02. The van der Waals surface area contributed by atoms with Gasteiger partial charge in [0.1, 0.15) is 0 Å². The van der Waals surface area contributed by atoms with Crippen LogP contribution in [-0.4, -0.2) is 50.2 Å². The van der Waals surface area contributed by atoms with E-state index in [1.54, 1.807) is 29.2 Å². The summed E-state index contributed by atoms with van der Waals surface area (Å²) >= 11 is 0. The Morgan fingerprint density at radius 1 is 1.32 bits per heavy atom. The first-order valence-electron chi connectivity index (χ1n) is 8.59. The summed E-state index contributed by atoms with van der Waals surface area (Å²) in [5.41, 5.74) is 1.00.